The number of anilines is 1. The van der Waals surface area contributed by atoms with Crippen LogP contribution >= 0.6 is 27.7 Å². The summed E-state index contributed by atoms with van der Waals surface area (Å²) < 4.78 is 14.2. The Morgan fingerprint density at radius 2 is 2.26 bits per heavy atom. The average Bonchev–Trinajstić information content (AvgIpc) is 2.37. The third-order valence-electron chi connectivity index (χ3n) is 3.34. The quantitative estimate of drug-likeness (QED) is 0.834. The highest BCUT2D eigenvalue weighted by atomic mass is 79.9. The number of carbonyl (C=O) groups excluding carboxylic acids is 1. The van der Waals surface area contributed by atoms with Gasteiger partial charge in [-0.15, -0.1) is 0 Å². The molecule has 2 rings (SSSR count). The van der Waals surface area contributed by atoms with E-state index in [9.17, 15) is 9.18 Å². The number of amides is 2. The van der Waals surface area contributed by atoms with E-state index >= 15 is 0 Å². The van der Waals surface area contributed by atoms with Gasteiger partial charge in [0.25, 0.3) is 0 Å². The van der Waals surface area contributed by atoms with Crippen molar-refractivity contribution in [2.45, 2.75) is 25.1 Å². The van der Waals surface area contributed by atoms with Gasteiger partial charge in [0, 0.05) is 28.1 Å². The Balaban J connectivity index is 2.13. The zero-order valence-corrected chi connectivity index (χ0v) is 13.2. The number of thioether (sulfide) groups is 1. The molecule has 1 fully saturated rings. The van der Waals surface area contributed by atoms with Crippen molar-refractivity contribution >= 4 is 39.4 Å². The van der Waals surface area contributed by atoms with Crippen molar-refractivity contribution in [3.63, 3.8) is 0 Å². The molecule has 1 aromatic rings. The Morgan fingerprint density at radius 1 is 1.53 bits per heavy atom. The third-order valence-corrected chi connectivity index (χ3v) is 5.34. The van der Waals surface area contributed by atoms with Crippen molar-refractivity contribution in [1.29, 1.82) is 0 Å². The predicted octanol–water partition coefficient (Wildman–Crippen LogP) is 3.95. The van der Waals surface area contributed by atoms with Crippen LogP contribution in [0.4, 0.5) is 14.9 Å². The van der Waals surface area contributed by atoms with Crippen LogP contribution in [0.15, 0.2) is 22.7 Å². The molecule has 3 nitrogen and oxygen atoms in total. The molecule has 2 amide bonds. The maximum Gasteiger partial charge on any atom is 0.322 e. The molecule has 0 spiro atoms. The molecule has 19 heavy (non-hydrogen) atoms. The summed E-state index contributed by atoms with van der Waals surface area (Å²) in [6.07, 6.45) is 0. The van der Waals surface area contributed by atoms with Gasteiger partial charge < -0.3 is 10.2 Å². The van der Waals surface area contributed by atoms with Gasteiger partial charge >= 0.3 is 6.03 Å². The molecule has 1 N–H and O–H groups in total. The minimum Gasteiger partial charge on any atom is -0.320 e. The van der Waals surface area contributed by atoms with Gasteiger partial charge in [0.1, 0.15) is 5.82 Å². The van der Waals surface area contributed by atoms with Crippen LogP contribution in [0, 0.1) is 5.82 Å². The van der Waals surface area contributed by atoms with Crippen LogP contribution < -0.4 is 5.32 Å². The molecule has 1 aliphatic rings. The Morgan fingerprint density at radius 3 is 2.95 bits per heavy atom. The van der Waals surface area contributed by atoms with Gasteiger partial charge in [-0.25, -0.2) is 9.18 Å². The second-order valence-electron chi connectivity index (χ2n) is 4.54. The zero-order valence-electron chi connectivity index (χ0n) is 10.8. The summed E-state index contributed by atoms with van der Waals surface area (Å²) in [6, 6.07) is 4.53. The van der Waals surface area contributed by atoms with Crippen LogP contribution in [0.25, 0.3) is 0 Å². The largest absolute Gasteiger partial charge is 0.322 e. The van der Waals surface area contributed by atoms with Gasteiger partial charge in [-0.05, 0) is 35.0 Å². The molecule has 1 aliphatic heterocycles. The van der Waals surface area contributed by atoms with Crippen LogP contribution in [-0.4, -0.2) is 34.5 Å². The lowest BCUT2D eigenvalue weighted by molar-refractivity contribution is 0.194. The van der Waals surface area contributed by atoms with E-state index in [2.05, 4.69) is 28.2 Å². The van der Waals surface area contributed by atoms with Gasteiger partial charge in [-0.1, -0.05) is 13.0 Å². The molecule has 0 saturated carbocycles. The molecule has 0 aliphatic carbocycles. The van der Waals surface area contributed by atoms with E-state index in [4.69, 9.17) is 0 Å². The number of rotatable bonds is 1. The fourth-order valence-electron chi connectivity index (χ4n) is 2.02. The lowest BCUT2D eigenvalue weighted by Gasteiger charge is -2.37. The lowest BCUT2D eigenvalue weighted by atomic mass is 10.2. The average molecular weight is 347 g/mol. The van der Waals surface area contributed by atoms with Gasteiger partial charge in [-0.2, -0.15) is 11.8 Å². The topological polar surface area (TPSA) is 32.3 Å². The monoisotopic (exact) mass is 346 g/mol. The highest BCUT2D eigenvalue weighted by Crippen LogP contribution is 2.28. The number of halogens is 2. The number of hydrogen-bond acceptors (Lipinski definition) is 2. The molecule has 1 aromatic carbocycles. The van der Waals surface area contributed by atoms with Gasteiger partial charge in [-0.3, -0.25) is 0 Å². The second kappa shape index (κ2) is 6.13. The van der Waals surface area contributed by atoms with Crippen molar-refractivity contribution in [2.24, 2.45) is 0 Å². The SMILES string of the molecule is C[C@@H]1[C@@H](C)SCCN1C(=O)Nc1c(F)cccc1Br. The van der Waals surface area contributed by atoms with E-state index in [1.165, 1.54) is 6.07 Å². The number of nitrogens with one attached hydrogen (secondary N) is 1. The van der Waals surface area contributed by atoms with Crippen molar-refractivity contribution < 1.29 is 9.18 Å². The van der Waals surface area contributed by atoms with E-state index in [1.807, 2.05) is 18.7 Å². The van der Waals surface area contributed by atoms with Crippen LogP contribution in [-0.2, 0) is 0 Å². The van der Waals surface area contributed by atoms with Crippen molar-refractivity contribution in [3.05, 3.63) is 28.5 Å². The smallest absolute Gasteiger partial charge is 0.320 e. The first-order chi connectivity index (χ1) is 9.00. The fraction of sp³-hybridized carbons (Fsp3) is 0.462. The molecule has 1 heterocycles. The molecule has 2 atom stereocenters. The van der Waals surface area contributed by atoms with E-state index in [0.29, 0.717) is 16.3 Å². The maximum absolute atomic E-state index is 13.7. The molecule has 0 radical (unpaired) electrons. The number of carbonyl (C=O) groups is 1. The molecule has 6 heteroatoms. The standard InChI is InChI=1S/C13H16BrFN2OS/c1-8-9(2)19-7-6-17(8)13(18)16-12-10(14)4-3-5-11(12)15/h3-5,8-9H,6-7H2,1-2H3,(H,16,18)/t8-,9-/m1/s1. The normalized spacial score (nSPS) is 23.3. The number of benzene rings is 1. The van der Waals surface area contributed by atoms with E-state index in [-0.39, 0.29) is 17.8 Å². The number of para-hydroxylation sites is 1. The van der Waals surface area contributed by atoms with Crippen LogP contribution in [0.3, 0.4) is 0 Å². The fourth-order valence-corrected chi connectivity index (χ4v) is 3.56. The summed E-state index contributed by atoms with van der Waals surface area (Å²) in [5.41, 5.74) is 0.200. The van der Waals surface area contributed by atoms with Crippen LogP contribution in [0.5, 0.6) is 0 Å². The van der Waals surface area contributed by atoms with Crippen LogP contribution in [0.2, 0.25) is 0 Å². The first kappa shape index (κ1) is 14.7. The Kier molecular flexibility index (Phi) is 4.73. The summed E-state index contributed by atoms with van der Waals surface area (Å²) in [6.45, 7) is 4.81. The minimum absolute atomic E-state index is 0.143. The molecule has 1 saturated heterocycles. The van der Waals surface area contributed by atoms with Crippen LogP contribution in [0.1, 0.15) is 13.8 Å². The molecule has 0 unspecified atom stereocenters. The van der Waals surface area contributed by atoms with Gasteiger partial charge in [0.15, 0.2) is 0 Å². The number of hydrogen-bond donors (Lipinski definition) is 1. The number of nitrogens with zero attached hydrogens (tertiary/aromatic N) is 1. The van der Waals surface area contributed by atoms with Gasteiger partial charge in [0.2, 0.25) is 0 Å². The van der Waals surface area contributed by atoms with Crippen molar-refractivity contribution in [1.82, 2.24) is 4.90 Å². The maximum atomic E-state index is 13.7. The molecule has 0 aromatic heterocycles. The van der Waals surface area contributed by atoms with E-state index < -0.39 is 5.82 Å². The Hall–Kier alpha value is -0.750. The Labute approximate surface area is 125 Å². The second-order valence-corrected chi connectivity index (χ2v) is 6.88. The predicted molar refractivity (Wildman–Crippen MR) is 81.2 cm³/mol. The summed E-state index contributed by atoms with van der Waals surface area (Å²) in [5.74, 6) is 0.479. The van der Waals surface area contributed by atoms with E-state index in [1.54, 1.807) is 17.0 Å². The molecular weight excluding hydrogens is 331 g/mol. The minimum atomic E-state index is -0.435. The summed E-state index contributed by atoms with van der Waals surface area (Å²) in [5, 5.41) is 3.05. The highest BCUT2D eigenvalue weighted by molar-refractivity contribution is 9.10. The molecule has 104 valence electrons. The highest BCUT2D eigenvalue weighted by Gasteiger charge is 2.29. The first-order valence-corrected chi connectivity index (χ1v) is 7.98. The lowest BCUT2D eigenvalue weighted by Crippen LogP contribution is -2.49. The van der Waals surface area contributed by atoms with Crippen molar-refractivity contribution in [2.75, 3.05) is 17.6 Å². The first-order valence-electron chi connectivity index (χ1n) is 6.14. The van der Waals surface area contributed by atoms with Gasteiger partial charge in [0.05, 0.1) is 5.69 Å². The summed E-state index contributed by atoms with van der Waals surface area (Å²) in [4.78, 5) is 14.0. The third kappa shape index (κ3) is 3.23. The molecular formula is C13H16BrFN2OS. The summed E-state index contributed by atoms with van der Waals surface area (Å²) >= 11 is 5.10. The molecule has 0 bridgehead atoms. The summed E-state index contributed by atoms with van der Waals surface area (Å²) in [7, 11) is 0. The van der Waals surface area contributed by atoms with E-state index in [0.717, 1.165) is 5.75 Å². The zero-order chi connectivity index (χ0) is 14.0. The van der Waals surface area contributed by atoms with Crippen molar-refractivity contribution in [3.8, 4) is 0 Å². The number of urea groups is 1. The Bertz CT molecular complexity index is 465.